The van der Waals surface area contributed by atoms with E-state index in [4.69, 9.17) is 23.7 Å². The Hall–Kier alpha value is -4.00. The molecule has 0 amide bonds. The van der Waals surface area contributed by atoms with E-state index in [9.17, 15) is 9.59 Å². The van der Waals surface area contributed by atoms with Gasteiger partial charge in [-0.25, -0.2) is 9.59 Å². The largest absolute Gasteiger partial charge is 0.497 e. The first-order valence-corrected chi connectivity index (χ1v) is 12.7. The Labute approximate surface area is 224 Å². The first-order chi connectivity index (χ1) is 18.2. The molecular formula is C31H36O7. The molecule has 0 aliphatic heterocycles. The molecule has 0 radical (unpaired) electrons. The summed E-state index contributed by atoms with van der Waals surface area (Å²) >= 11 is 0. The summed E-state index contributed by atoms with van der Waals surface area (Å²) in [5, 5.41) is 3.27. The number of benzene rings is 3. The molecule has 0 N–H and O–H groups in total. The van der Waals surface area contributed by atoms with Gasteiger partial charge in [0.15, 0.2) is 0 Å². The Morgan fingerprint density at radius 3 is 1.61 bits per heavy atom. The van der Waals surface area contributed by atoms with Gasteiger partial charge >= 0.3 is 11.9 Å². The highest BCUT2D eigenvalue weighted by Crippen LogP contribution is 2.44. The summed E-state index contributed by atoms with van der Waals surface area (Å²) in [4.78, 5) is 24.2. The van der Waals surface area contributed by atoms with Crippen LogP contribution >= 0.6 is 0 Å². The number of methoxy groups -OCH3 is 1. The summed E-state index contributed by atoms with van der Waals surface area (Å²) < 4.78 is 29.3. The molecule has 7 heteroatoms. The lowest BCUT2D eigenvalue weighted by Gasteiger charge is -2.22. The molecule has 3 aromatic rings. The van der Waals surface area contributed by atoms with Crippen molar-refractivity contribution in [3.63, 3.8) is 0 Å². The van der Waals surface area contributed by atoms with E-state index < -0.39 is 24.1 Å². The van der Waals surface area contributed by atoms with E-state index in [-0.39, 0.29) is 13.2 Å². The highest BCUT2D eigenvalue weighted by molar-refractivity contribution is 6.11. The summed E-state index contributed by atoms with van der Waals surface area (Å²) in [5.74, 6) is 1.05. The van der Waals surface area contributed by atoms with E-state index in [1.807, 2.05) is 56.3 Å². The van der Waals surface area contributed by atoms with Crippen molar-refractivity contribution < 1.29 is 33.3 Å². The van der Waals surface area contributed by atoms with Crippen molar-refractivity contribution in [2.75, 3.05) is 20.3 Å². The molecule has 0 aliphatic carbocycles. The van der Waals surface area contributed by atoms with Crippen LogP contribution in [0.5, 0.6) is 17.2 Å². The van der Waals surface area contributed by atoms with Gasteiger partial charge in [0.2, 0.25) is 0 Å². The molecule has 38 heavy (non-hydrogen) atoms. The summed E-state index contributed by atoms with van der Waals surface area (Å²) in [6.07, 6.45) is 0.296. The second-order valence-electron chi connectivity index (χ2n) is 9.17. The first-order valence-electron chi connectivity index (χ1n) is 12.7. The van der Waals surface area contributed by atoms with Crippen molar-refractivity contribution in [3.8, 4) is 17.2 Å². The highest BCUT2D eigenvalue weighted by atomic mass is 16.6. The molecule has 0 aromatic heterocycles. The van der Waals surface area contributed by atoms with Crippen LogP contribution in [0.3, 0.4) is 0 Å². The Bertz CT molecular complexity index is 1340. The van der Waals surface area contributed by atoms with Gasteiger partial charge in [0.25, 0.3) is 0 Å². The second kappa shape index (κ2) is 13.0. The van der Waals surface area contributed by atoms with Crippen LogP contribution in [0.15, 0.2) is 66.8 Å². The molecule has 0 bridgehead atoms. The smallest absolute Gasteiger partial charge is 0.333 e. The van der Waals surface area contributed by atoms with Gasteiger partial charge in [-0.2, -0.15) is 0 Å². The third kappa shape index (κ3) is 6.65. The Balaban J connectivity index is 2.04. The third-order valence-electron chi connectivity index (χ3n) is 6.11. The molecule has 202 valence electrons. The Morgan fingerprint density at radius 2 is 1.18 bits per heavy atom. The Kier molecular flexibility index (Phi) is 9.77. The average molecular weight is 521 g/mol. The molecule has 0 heterocycles. The lowest BCUT2D eigenvalue weighted by atomic mass is 10.00. The van der Waals surface area contributed by atoms with Crippen molar-refractivity contribution in [2.45, 2.75) is 52.7 Å². The zero-order chi connectivity index (χ0) is 27.8. The molecule has 0 fully saturated rings. The SMILES string of the molecule is C=C(C)C(=O)OC(CC)COc1c2ccccc2c(OCC(CC)OC(=O)C(=C)C)c2cc(OC)ccc12. The van der Waals surface area contributed by atoms with Crippen LogP contribution in [0, 0.1) is 0 Å². The lowest BCUT2D eigenvalue weighted by Crippen LogP contribution is -2.25. The standard InChI is InChI=1S/C31H36O7/c1-8-21(37-30(32)19(3)4)17-35-28-24-12-10-11-13-25(24)29(27-16-23(34-7)14-15-26(27)28)36-18-22(9-2)38-31(33)20(5)6/h10-16,21-22H,3,5,8-9,17-18H2,1-2,4,6-7H3. The van der Waals surface area contributed by atoms with Gasteiger partial charge in [-0.3, -0.25) is 0 Å². The number of esters is 2. The Morgan fingerprint density at radius 1 is 0.737 bits per heavy atom. The fourth-order valence-electron chi connectivity index (χ4n) is 3.84. The topological polar surface area (TPSA) is 80.3 Å². The molecule has 0 aliphatic rings. The average Bonchev–Trinajstić information content (AvgIpc) is 2.92. The van der Waals surface area contributed by atoms with Gasteiger partial charge < -0.3 is 23.7 Å². The first kappa shape index (κ1) is 28.6. The van der Waals surface area contributed by atoms with Crippen molar-refractivity contribution in [3.05, 3.63) is 66.8 Å². The number of hydrogen-bond donors (Lipinski definition) is 0. The fourth-order valence-corrected chi connectivity index (χ4v) is 3.84. The fraction of sp³-hybridized carbons (Fsp3) is 0.355. The third-order valence-corrected chi connectivity index (χ3v) is 6.11. The molecule has 2 atom stereocenters. The van der Waals surface area contributed by atoms with E-state index >= 15 is 0 Å². The van der Waals surface area contributed by atoms with E-state index in [1.54, 1.807) is 21.0 Å². The zero-order valence-electron chi connectivity index (χ0n) is 22.8. The maximum Gasteiger partial charge on any atom is 0.333 e. The summed E-state index contributed by atoms with van der Waals surface area (Å²) in [7, 11) is 1.60. The number of carbonyl (C=O) groups is 2. The van der Waals surface area contributed by atoms with Crippen molar-refractivity contribution >= 4 is 33.5 Å². The number of hydrogen-bond acceptors (Lipinski definition) is 7. The summed E-state index contributed by atoms with van der Waals surface area (Å²) in [6, 6.07) is 13.4. The summed E-state index contributed by atoms with van der Waals surface area (Å²) in [5.41, 5.74) is 0.678. The minimum atomic E-state index is -0.446. The van der Waals surface area contributed by atoms with Gasteiger partial charge in [-0.15, -0.1) is 0 Å². The maximum atomic E-state index is 12.1. The molecule has 0 spiro atoms. The van der Waals surface area contributed by atoms with Crippen molar-refractivity contribution in [1.82, 2.24) is 0 Å². The summed E-state index contributed by atoms with van der Waals surface area (Å²) in [6.45, 7) is 14.8. The molecule has 0 saturated carbocycles. The van der Waals surface area contributed by atoms with Gasteiger partial charge in [0.05, 0.1) is 7.11 Å². The van der Waals surface area contributed by atoms with Crippen LogP contribution in [0.25, 0.3) is 21.5 Å². The van der Waals surface area contributed by atoms with Crippen LogP contribution in [-0.4, -0.2) is 44.5 Å². The zero-order valence-corrected chi connectivity index (χ0v) is 22.8. The van der Waals surface area contributed by atoms with Gasteiger partial charge in [0.1, 0.15) is 42.7 Å². The monoisotopic (exact) mass is 520 g/mol. The van der Waals surface area contributed by atoms with Gasteiger partial charge in [-0.1, -0.05) is 51.3 Å². The van der Waals surface area contributed by atoms with E-state index in [1.165, 1.54) is 0 Å². The van der Waals surface area contributed by atoms with Crippen LogP contribution in [0.2, 0.25) is 0 Å². The van der Waals surface area contributed by atoms with E-state index in [0.29, 0.717) is 41.2 Å². The molecule has 3 rings (SSSR count). The predicted octanol–water partition coefficient (Wildman–Crippen LogP) is 6.56. The maximum absolute atomic E-state index is 12.1. The molecule has 0 saturated heterocycles. The quantitative estimate of drug-likeness (QED) is 0.144. The minimum Gasteiger partial charge on any atom is -0.497 e. The van der Waals surface area contributed by atoms with Crippen LogP contribution in [-0.2, 0) is 19.1 Å². The van der Waals surface area contributed by atoms with Crippen molar-refractivity contribution in [2.24, 2.45) is 0 Å². The van der Waals surface area contributed by atoms with Crippen molar-refractivity contribution in [1.29, 1.82) is 0 Å². The predicted molar refractivity (Wildman–Crippen MR) is 149 cm³/mol. The lowest BCUT2D eigenvalue weighted by molar-refractivity contribution is -0.146. The minimum absolute atomic E-state index is 0.167. The number of ether oxygens (including phenoxy) is 5. The number of rotatable bonds is 13. The van der Waals surface area contributed by atoms with Crippen LogP contribution in [0.1, 0.15) is 40.5 Å². The van der Waals surface area contributed by atoms with Gasteiger partial charge in [-0.05, 0) is 44.9 Å². The van der Waals surface area contributed by atoms with E-state index in [0.717, 1.165) is 21.5 Å². The highest BCUT2D eigenvalue weighted by Gasteiger charge is 2.21. The second-order valence-corrected chi connectivity index (χ2v) is 9.17. The molecular weight excluding hydrogens is 484 g/mol. The molecule has 2 unspecified atom stereocenters. The molecule has 7 nitrogen and oxygen atoms in total. The normalized spacial score (nSPS) is 12.4. The van der Waals surface area contributed by atoms with Crippen LogP contribution < -0.4 is 14.2 Å². The number of carbonyl (C=O) groups excluding carboxylic acids is 2. The van der Waals surface area contributed by atoms with Crippen LogP contribution in [0.4, 0.5) is 0 Å². The van der Waals surface area contributed by atoms with Gasteiger partial charge in [0, 0.05) is 32.7 Å². The van der Waals surface area contributed by atoms with E-state index in [2.05, 4.69) is 13.2 Å². The molecule has 3 aromatic carbocycles. The number of fused-ring (bicyclic) bond motifs is 2.